The van der Waals surface area contributed by atoms with E-state index in [1.807, 2.05) is 0 Å². The van der Waals surface area contributed by atoms with Crippen LogP contribution in [0.4, 0.5) is 24.5 Å². The Kier molecular flexibility index (Phi) is 9.56. The maximum atomic E-state index is 14.1. The maximum absolute atomic E-state index is 14.1. The molecule has 0 aliphatic carbocycles. The van der Waals surface area contributed by atoms with Gasteiger partial charge in [-0.2, -0.15) is 18.3 Å². The van der Waals surface area contributed by atoms with E-state index in [-0.39, 0.29) is 82.7 Å². The van der Waals surface area contributed by atoms with Crippen LogP contribution in [-0.2, 0) is 18.0 Å². The van der Waals surface area contributed by atoms with Crippen molar-refractivity contribution < 1.29 is 32.7 Å². The fourth-order valence-corrected chi connectivity index (χ4v) is 6.37. The third-order valence-corrected chi connectivity index (χ3v) is 9.24. The number of imidazole rings is 1. The lowest BCUT2D eigenvalue weighted by atomic mass is 9.90. The number of aliphatic hydroxyl groups is 1. The molecule has 4 aromatic rings. The number of carbonyl (C=O) groups is 3. The fraction of sp³-hybridized carbons (Fsp3) is 0.375. The molecule has 5 N–H and O–H groups in total. The number of piperazine rings is 1. The molecule has 50 heavy (non-hydrogen) atoms. The highest BCUT2D eigenvalue weighted by Gasteiger charge is 2.42. The Bertz CT molecular complexity index is 1910. The van der Waals surface area contributed by atoms with Gasteiger partial charge in [0.05, 0.1) is 51.3 Å². The van der Waals surface area contributed by atoms with Gasteiger partial charge in [0.15, 0.2) is 11.5 Å². The molecule has 3 amide bonds. The summed E-state index contributed by atoms with van der Waals surface area (Å²) in [6.45, 7) is 2.14. The van der Waals surface area contributed by atoms with Crippen molar-refractivity contribution in [2.45, 2.75) is 24.6 Å². The van der Waals surface area contributed by atoms with Gasteiger partial charge in [-0.1, -0.05) is 11.6 Å². The number of aromatic amines is 1. The van der Waals surface area contributed by atoms with Gasteiger partial charge < -0.3 is 35.4 Å². The first-order chi connectivity index (χ1) is 23.8. The van der Waals surface area contributed by atoms with Crippen molar-refractivity contribution in [2.75, 3.05) is 56.9 Å². The van der Waals surface area contributed by atoms with Crippen molar-refractivity contribution in [3.63, 3.8) is 0 Å². The second kappa shape index (κ2) is 13.7. The number of alkyl halides is 3. The minimum atomic E-state index is -4.82. The zero-order valence-corrected chi connectivity index (χ0v) is 27.8. The number of nitrogens with one attached hydrogen (secondary N) is 4. The molecule has 2 aliphatic heterocycles. The second-order valence-electron chi connectivity index (χ2n) is 12.0. The van der Waals surface area contributed by atoms with E-state index in [4.69, 9.17) is 11.6 Å². The number of H-pyrrole nitrogens is 1. The van der Waals surface area contributed by atoms with Gasteiger partial charge in [-0.3, -0.25) is 24.5 Å². The third kappa shape index (κ3) is 6.75. The number of hydrogen-bond acceptors (Lipinski definition) is 9. The third-order valence-electron chi connectivity index (χ3n) is 8.93. The van der Waals surface area contributed by atoms with Gasteiger partial charge >= 0.3 is 6.18 Å². The number of rotatable bonds is 7. The van der Waals surface area contributed by atoms with Crippen molar-refractivity contribution in [1.82, 2.24) is 39.8 Å². The molecule has 2 saturated heterocycles. The summed E-state index contributed by atoms with van der Waals surface area (Å²) >= 11 is 6.48. The molecule has 2 fully saturated rings. The molecule has 6 rings (SSSR count). The molecule has 14 nitrogen and oxygen atoms in total. The summed E-state index contributed by atoms with van der Waals surface area (Å²) in [5, 5.41) is 25.5. The number of benzene rings is 1. The van der Waals surface area contributed by atoms with Gasteiger partial charge in [0.1, 0.15) is 5.60 Å². The Balaban J connectivity index is 1.15. The minimum Gasteiger partial charge on any atom is -0.387 e. The van der Waals surface area contributed by atoms with Crippen molar-refractivity contribution in [2.24, 2.45) is 7.05 Å². The molecule has 0 spiro atoms. The molecule has 5 heterocycles. The van der Waals surface area contributed by atoms with Crippen LogP contribution in [0.5, 0.6) is 0 Å². The monoisotopic (exact) mass is 714 g/mol. The lowest BCUT2D eigenvalue weighted by Gasteiger charge is -2.40. The molecular formula is C32H34ClF3N10O4. The Morgan fingerprint density at radius 3 is 2.28 bits per heavy atom. The number of aromatic nitrogens is 5. The summed E-state index contributed by atoms with van der Waals surface area (Å²) in [4.78, 5) is 51.1. The largest absolute Gasteiger partial charge is 0.435 e. The lowest BCUT2D eigenvalue weighted by molar-refractivity contribution is -0.155. The number of hydrogen-bond donors (Lipinski definition) is 5. The topological polar surface area (TPSA) is 173 Å². The van der Waals surface area contributed by atoms with Crippen molar-refractivity contribution in [3.05, 3.63) is 64.8 Å². The fourth-order valence-electron chi connectivity index (χ4n) is 6.11. The summed E-state index contributed by atoms with van der Waals surface area (Å²) in [7, 11) is 3.09. The number of piperidine rings is 1. The normalized spacial score (nSPS) is 16.3. The zero-order valence-electron chi connectivity index (χ0n) is 27.1. The van der Waals surface area contributed by atoms with Crippen LogP contribution in [0.25, 0.3) is 22.6 Å². The average Bonchev–Trinajstić information content (AvgIpc) is 3.72. The summed E-state index contributed by atoms with van der Waals surface area (Å²) in [5.74, 6) is -1.62. The molecule has 264 valence electrons. The Hall–Kier alpha value is -5.00. The summed E-state index contributed by atoms with van der Waals surface area (Å²) in [5.41, 5.74) is -1.69. The number of pyridine rings is 1. The van der Waals surface area contributed by atoms with Crippen LogP contribution >= 0.6 is 11.6 Å². The first kappa shape index (κ1) is 34.8. The van der Waals surface area contributed by atoms with Crippen LogP contribution in [0.1, 0.15) is 39.5 Å². The van der Waals surface area contributed by atoms with Gasteiger partial charge in [0.25, 0.3) is 17.7 Å². The minimum absolute atomic E-state index is 0.00549. The summed E-state index contributed by atoms with van der Waals surface area (Å²) in [6.07, 6.45) is -1.55. The number of amides is 3. The number of anilines is 2. The molecule has 0 atom stereocenters. The molecular weight excluding hydrogens is 681 g/mol. The number of halogens is 4. The first-order valence-electron chi connectivity index (χ1n) is 15.7. The van der Waals surface area contributed by atoms with Crippen molar-refractivity contribution >= 4 is 40.7 Å². The van der Waals surface area contributed by atoms with E-state index >= 15 is 0 Å². The van der Waals surface area contributed by atoms with E-state index in [1.165, 1.54) is 42.1 Å². The molecule has 0 radical (unpaired) electrons. The standard InChI is InChI=1S/C32H34ClF3N10O4/c1-37-19-4-6-22(39-16-19)25-24(26(43-42-25)32(34,35)36)23-17-40-27(44(23)2)28(47)41-18-3-5-20(21(33)15-18)29(48)45-11-13-46(14-12-45)30(49)31(50)7-9-38-10-8-31/h3-6,15-17,37-38,50H,7-14H2,1-2H3,(H,41,47)(H,42,43). The molecule has 3 aromatic heterocycles. The predicted octanol–water partition coefficient (Wildman–Crippen LogP) is 3.24. The Labute approximate surface area is 289 Å². The molecule has 1 aromatic carbocycles. The Morgan fingerprint density at radius 1 is 0.980 bits per heavy atom. The van der Waals surface area contributed by atoms with Crippen LogP contribution in [0.3, 0.4) is 0 Å². The van der Waals surface area contributed by atoms with Gasteiger partial charge in [-0.05, 0) is 56.3 Å². The summed E-state index contributed by atoms with van der Waals surface area (Å²) < 4.78 is 43.4. The summed E-state index contributed by atoms with van der Waals surface area (Å²) in [6, 6.07) is 7.51. The Morgan fingerprint density at radius 2 is 1.66 bits per heavy atom. The SMILES string of the molecule is CNc1ccc(-c2[nH]nc(C(F)(F)F)c2-c2cnc(C(=O)Nc3ccc(C(=O)N4CCN(C(=O)C5(O)CCNCC5)CC4)c(Cl)c3)n2C)nc1. The van der Waals surface area contributed by atoms with Gasteiger partial charge in [0, 0.05) is 46.0 Å². The van der Waals surface area contributed by atoms with E-state index < -0.39 is 23.4 Å². The molecule has 0 unspecified atom stereocenters. The molecule has 18 heteroatoms. The highest BCUT2D eigenvalue weighted by Crippen LogP contribution is 2.41. The van der Waals surface area contributed by atoms with E-state index in [0.717, 1.165) is 6.20 Å². The lowest BCUT2D eigenvalue weighted by Crippen LogP contribution is -2.59. The van der Waals surface area contributed by atoms with E-state index in [2.05, 4.69) is 36.1 Å². The number of carbonyl (C=O) groups excluding carboxylic acids is 3. The van der Waals surface area contributed by atoms with Gasteiger partial charge in [0.2, 0.25) is 0 Å². The maximum Gasteiger partial charge on any atom is 0.435 e. The van der Waals surface area contributed by atoms with Gasteiger partial charge in [-0.15, -0.1) is 0 Å². The van der Waals surface area contributed by atoms with Gasteiger partial charge in [-0.25, -0.2) is 4.98 Å². The quantitative estimate of drug-likeness (QED) is 0.193. The van der Waals surface area contributed by atoms with E-state index in [0.29, 0.717) is 31.6 Å². The van der Waals surface area contributed by atoms with Crippen LogP contribution in [0.15, 0.2) is 42.7 Å². The van der Waals surface area contributed by atoms with Crippen LogP contribution < -0.4 is 16.0 Å². The first-order valence-corrected chi connectivity index (χ1v) is 16.1. The molecule has 0 saturated carbocycles. The predicted molar refractivity (Wildman–Crippen MR) is 178 cm³/mol. The molecule has 0 bridgehead atoms. The highest BCUT2D eigenvalue weighted by molar-refractivity contribution is 6.34. The number of nitrogens with zero attached hydrogens (tertiary/aromatic N) is 6. The van der Waals surface area contributed by atoms with Crippen LogP contribution in [0, 0.1) is 0 Å². The second-order valence-corrected chi connectivity index (χ2v) is 12.5. The average molecular weight is 715 g/mol. The molecule has 2 aliphatic rings. The zero-order chi connectivity index (χ0) is 35.8. The highest BCUT2D eigenvalue weighted by atomic mass is 35.5. The van der Waals surface area contributed by atoms with Crippen molar-refractivity contribution in [3.8, 4) is 22.6 Å². The van der Waals surface area contributed by atoms with Crippen molar-refractivity contribution in [1.29, 1.82) is 0 Å². The van der Waals surface area contributed by atoms with Crippen LogP contribution in [-0.4, -0.2) is 109 Å². The smallest absolute Gasteiger partial charge is 0.387 e. The van der Waals surface area contributed by atoms with E-state index in [9.17, 15) is 32.7 Å². The van der Waals surface area contributed by atoms with Crippen LogP contribution in [0.2, 0.25) is 5.02 Å². The van der Waals surface area contributed by atoms with E-state index in [1.54, 1.807) is 22.9 Å².